The van der Waals surface area contributed by atoms with E-state index in [2.05, 4.69) is 25.6 Å². The van der Waals surface area contributed by atoms with Crippen LogP contribution in [0.2, 0.25) is 0 Å². The van der Waals surface area contributed by atoms with Crippen LogP contribution in [0.4, 0.5) is 5.82 Å². The SMILES string of the molecule is C[C](C)CCC(O)CNS(=O)(=O)c1cc(Br)cnc1N. The van der Waals surface area contributed by atoms with Gasteiger partial charge in [0, 0.05) is 17.2 Å². The molecule has 1 heterocycles. The molecule has 1 aromatic rings. The lowest BCUT2D eigenvalue weighted by Gasteiger charge is -2.14. The molecular formula is C12H19BrN3O3S. The molecule has 0 bridgehead atoms. The second kappa shape index (κ2) is 7.35. The van der Waals surface area contributed by atoms with Crippen LogP contribution in [0.25, 0.3) is 0 Å². The molecule has 0 amide bonds. The quantitative estimate of drug-likeness (QED) is 0.679. The maximum absolute atomic E-state index is 12.1. The number of anilines is 1. The zero-order valence-electron chi connectivity index (χ0n) is 11.4. The van der Waals surface area contributed by atoms with Gasteiger partial charge in [-0.25, -0.2) is 18.1 Å². The molecule has 0 aromatic carbocycles. The van der Waals surface area contributed by atoms with Gasteiger partial charge in [0.15, 0.2) is 0 Å². The molecule has 4 N–H and O–H groups in total. The number of rotatable bonds is 7. The fraction of sp³-hybridized carbons (Fsp3) is 0.500. The molecule has 20 heavy (non-hydrogen) atoms. The summed E-state index contributed by atoms with van der Waals surface area (Å²) in [6.45, 7) is 3.87. The van der Waals surface area contributed by atoms with E-state index >= 15 is 0 Å². The Kier molecular flexibility index (Phi) is 6.38. The van der Waals surface area contributed by atoms with Crippen LogP contribution in [0.3, 0.4) is 0 Å². The number of aliphatic hydroxyl groups excluding tert-OH is 1. The maximum atomic E-state index is 12.1. The Morgan fingerprint density at radius 2 is 2.20 bits per heavy atom. The van der Waals surface area contributed by atoms with E-state index in [0.717, 1.165) is 6.42 Å². The minimum Gasteiger partial charge on any atom is -0.392 e. The molecule has 0 spiro atoms. The van der Waals surface area contributed by atoms with Crippen LogP contribution < -0.4 is 10.5 Å². The Morgan fingerprint density at radius 3 is 2.80 bits per heavy atom. The van der Waals surface area contributed by atoms with Gasteiger partial charge in [0.25, 0.3) is 0 Å². The van der Waals surface area contributed by atoms with Crippen molar-refractivity contribution >= 4 is 31.8 Å². The van der Waals surface area contributed by atoms with Gasteiger partial charge < -0.3 is 10.8 Å². The Hall–Kier alpha value is -0.700. The smallest absolute Gasteiger partial charge is 0.244 e. The normalized spacial score (nSPS) is 13.7. The first-order valence-corrected chi connectivity index (χ1v) is 8.38. The predicted molar refractivity (Wildman–Crippen MR) is 81.4 cm³/mol. The van der Waals surface area contributed by atoms with E-state index in [9.17, 15) is 13.5 Å². The maximum Gasteiger partial charge on any atom is 0.244 e. The summed E-state index contributed by atoms with van der Waals surface area (Å²) in [6.07, 6.45) is 1.95. The predicted octanol–water partition coefficient (Wildman–Crippen LogP) is 1.46. The number of aromatic nitrogens is 1. The molecule has 1 radical (unpaired) electrons. The summed E-state index contributed by atoms with van der Waals surface area (Å²) in [4.78, 5) is 3.68. The first-order valence-electron chi connectivity index (χ1n) is 6.10. The van der Waals surface area contributed by atoms with Crippen LogP contribution in [0.1, 0.15) is 26.7 Å². The summed E-state index contributed by atoms with van der Waals surface area (Å²) in [5.41, 5.74) is 5.56. The van der Waals surface area contributed by atoms with Crippen LogP contribution in [0.15, 0.2) is 21.6 Å². The van der Waals surface area contributed by atoms with Crippen LogP contribution in [0.5, 0.6) is 0 Å². The number of sulfonamides is 1. The van der Waals surface area contributed by atoms with Crippen LogP contribution in [-0.4, -0.2) is 31.2 Å². The Bertz CT molecular complexity index is 549. The van der Waals surface area contributed by atoms with Gasteiger partial charge in [0.05, 0.1) is 6.10 Å². The number of nitrogens with one attached hydrogen (secondary N) is 1. The summed E-state index contributed by atoms with van der Waals surface area (Å²) in [6, 6.07) is 1.38. The van der Waals surface area contributed by atoms with Crippen molar-refractivity contribution in [1.82, 2.24) is 9.71 Å². The van der Waals surface area contributed by atoms with Crippen LogP contribution in [-0.2, 0) is 10.0 Å². The van der Waals surface area contributed by atoms with E-state index in [1.165, 1.54) is 18.2 Å². The zero-order chi connectivity index (χ0) is 15.3. The highest BCUT2D eigenvalue weighted by atomic mass is 79.9. The van der Waals surface area contributed by atoms with Gasteiger partial charge in [-0.05, 0) is 40.8 Å². The average Bonchev–Trinajstić information content (AvgIpc) is 2.36. The van der Waals surface area contributed by atoms with Gasteiger partial charge in [-0.3, -0.25) is 0 Å². The zero-order valence-corrected chi connectivity index (χ0v) is 13.8. The van der Waals surface area contributed by atoms with Crippen LogP contribution in [0, 0.1) is 5.92 Å². The fourth-order valence-corrected chi connectivity index (χ4v) is 3.15. The second-order valence-corrected chi connectivity index (χ2v) is 7.44. The van der Waals surface area contributed by atoms with Gasteiger partial charge in [-0.2, -0.15) is 0 Å². The molecule has 1 unspecified atom stereocenters. The van der Waals surface area contributed by atoms with E-state index in [1.807, 2.05) is 13.8 Å². The minimum absolute atomic E-state index is 0.0540. The van der Waals surface area contributed by atoms with Crippen molar-refractivity contribution in [3.63, 3.8) is 0 Å². The lowest BCUT2D eigenvalue weighted by atomic mass is 10.1. The third-order valence-corrected chi connectivity index (χ3v) is 4.51. The summed E-state index contributed by atoms with van der Waals surface area (Å²) in [5, 5.41) is 9.74. The molecule has 6 nitrogen and oxygen atoms in total. The molecule has 0 aliphatic carbocycles. The summed E-state index contributed by atoms with van der Waals surface area (Å²) in [5.74, 6) is 1.11. The van der Waals surface area contributed by atoms with Crippen molar-refractivity contribution in [1.29, 1.82) is 0 Å². The van der Waals surface area contributed by atoms with Gasteiger partial charge in [0.1, 0.15) is 10.7 Å². The Morgan fingerprint density at radius 1 is 1.55 bits per heavy atom. The average molecular weight is 365 g/mol. The third-order valence-electron chi connectivity index (χ3n) is 2.62. The molecule has 8 heteroatoms. The van der Waals surface area contributed by atoms with E-state index in [0.29, 0.717) is 10.9 Å². The fourth-order valence-electron chi connectivity index (χ4n) is 1.49. The number of hydrogen-bond donors (Lipinski definition) is 3. The number of nitrogens with two attached hydrogens (primary N) is 1. The van der Waals surface area contributed by atoms with E-state index in [1.54, 1.807) is 0 Å². The first kappa shape index (κ1) is 17.4. The van der Waals surface area contributed by atoms with Crippen molar-refractivity contribution in [2.75, 3.05) is 12.3 Å². The minimum atomic E-state index is -3.78. The van der Waals surface area contributed by atoms with Gasteiger partial charge >= 0.3 is 0 Å². The van der Waals surface area contributed by atoms with Crippen LogP contribution >= 0.6 is 15.9 Å². The lowest BCUT2D eigenvalue weighted by molar-refractivity contribution is 0.167. The van der Waals surface area contributed by atoms with Crippen molar-refractivity contribution in [2.24, 2.45) is 0 Å². The van der Waals surface area contributed by atoms with Gasteiger partial charge in [0.2, 0.25) is 10.0 Å². The number of nitrogens with zero attached hydrogens (tertiary/aromatic N) is 1. The monoisotopic (exact) mass is 364 g/mol. The Balaban J connectivity index is 2.68. The summed E-state index contributed by atoms with van der Waals surface area (Å²) >= 11 is 3.15. The molecule has 113 valence electrons. The highest BCUT2D eigenvalue weighted by Gasteiger charge is 2.20. The van der Waals surface area contributed by atoms with Crippen molar-refractivity contribution in [3.8, 4) is 0 Å². The molecule has 0 aliphatic rings. The summed E-state index contributed by atoms with van der Waals surface area (Å²) < 4.78 is 27.0. The second-order valence-electron chi connectivity index (χ2n) is 4.79. The molecular weight excluding hydrogens is 346 g/mol. The summed E-state index contributed by atoms with van der Waals surface area (Å²) in [7, 11) is -3.78. The van der Waals surface area contributed by atoms with E-state index in [4.69, 9.17) is 5.73 Å². The third kappa shape index (κ3) is 5.35. The molecule has 0 saturated carbocycles. The Labute approximate surface area is 128 Å². The number of pyridine rings is 1. The van der Waals surface area contributed by atoms with Crippen molar-refractivity contribution in [2.45, 2.75) is 37.7 Å². The van der Waals surface area contributed by atoms with Crippen molar-refractivity contribution in [3.05, 3.63) is 22.7 Å². The standard InChI is InChI=1S/C12H19BrN3O3S/c1-8(2)3-4-10(17)7-16-20(18,19)11-5-9(13)6-15-12(11)14/h5-6,10,16-17H,3-4,7H2,1-2H3,(H2,14,15). The highest BCUT2D eigenvalue weighted by Crippen LogP contribution is 2.20. The van der Waals surface area contributed by atoms with Crippen molar-refractivity contribution < 1.29 is 13.5 Å². The molecule has 0 saturated heterocycles. The molecule has 0 aliphatic heterocycles. The molecule has 1 rings (SSSR count). The van der Waals surface area contributed by atoms with E-state index in [-0.39, 0.29) is 17.3 Å². The number of nitrogen functional groups attached to an aromatic ring is 1. The topological polar surface area (TPSA) is 105 Å². The first-order chi connectivity index (χ1) is 9.22. The number of hydrogen-bond acceptors (Lipinski definition) is 5. The number of aliphatic hydroxyl groups is 1. The van der Waals surface area contributed by atoms with E-state index < -0.39 is 16.1 Å². The van der Waals surface area contributed by atoms with Gasteiger partial charge in [-0.1, -0.05) is 13.8 Å². The molecule has 1 atom stereocenters. The molecule has 0 fully saturated rings. The molecule has 1 aromatic heterocycles. The highest BCUT2D eigenvalue weighted by molar-refractivity contribution is 9.10. The van der Waals surface area contributed by atoms with Gasteiger partial charge in [-0.15, -0.1) is 0 Å². The largest absolute Gasteiger partial charge is 0.392 e. The number of halogens is 1. The lowest BCUT2D eigenvalue weighted by Crippen LogP contribution is -2.32.